The summed E-state index contributed by atoms with van der Waals surface area (Å²) < 4.78 is 2.93. The van der Waals surface area contributed by atoms with Crippen molar-refractivity contribution >= 4 is 41.5 Å². The first-order chi connectivity index (χ1) is 11.7. The third-order valence-corrected chi connectivity index (χ3v) is 5.50. The lowest BCUT2D eigenvalue weighted by molar-refractivity contribution is -0.537. The number of fused-ring (bicyclic) bond motifs is 1. The first-order valence-electron chi connectivity index (χ1n) is 8.12. The van der Waals surface area contributed by atoms with Crippen molar-refractivity contribution in [1.82, 2.24) is 4.98 Å². The van der Waals surface area contributed by atoms with Gasteiger partial charge in [0.2, 0.25) is 5.88 Å². The van der Waals surface area contributed by atoms with Gasteiger partial charge in [0.15, 0.2) is 9.31 Å². The number of benzene rings is 1. The fraction of sp³-hybridized carbons (Fsp3) is 0.278. The van der Waals surface area contributed by atoms with E-state index in [0.717, 1.165) is 40.0 Å². The van der Waals surface area contributed by atoms with Crippen LogP contribution in [-0.2, 0) is 0 Å². The van der Waals surface area contributed by atoms with Crippen molar-refractivity contribution in [3.63, 3.8) is 0 Å². The minimum Gasteiger partial charge on any atom is -0.494 e. The van der Waals surface area contributed by atoms with Crippen LogP contribution in [0.25, 0.3) is 12.2 Å². The van der Waals surface area contributed by atoms with Crippen molar-refractivity contribution in [3.05, 3.63) is 49.2 Å². The first kappa shape index (κ1) is 15.5. The van der Waals surface area contributed by atoms with Gasteiger partial charge in [-0.05, 0) is 54.7 Å². The van der Waals surface area contributed by atoms with Gasteiger partial charge < -0.3 is 10.1 Å². The topological polar surface area (TPSA) is 51.4 Å². The number of hydrogen-bond acceptors (Lipinski definition) is 3. The van der Waals surface area contributed by atoms with E-state index in [4.69, 9.17) is 17.2 Å². The number of amidine groups is 1. The third kappa shape index (κ3) is 2.99. The van der Waals surface area contributed by atoms with E-state index < -0.39 is 0 Å². The molecule has 2 N–H and O–H groups in total. The Bertz CT molecular complexity index is 1020. The van der Waals surface area contributed by atoms with E-state index in [1.807, 2.05) is 24.3 Å². The second-order valence-electron chi connectivity index (χ2n) is 6.01. The number of aromatic nitrogens is 1. The van der Waals surface area contributed by atoms with Crippen LogP contribution in [-0.4, -0.2) is 33.6 Å². The van der Waals surface area contributed by atoms with Gasteiger partial charge in [-0.25, -0.2) is 0 Å². The van der Waals surface area contributed by atoms with Crippen LogP contribution in [0.5, 0.6) is 5.88 Å². The summed E-state index contributed by atoms with van der Waals surface area (Å²) in [5, 5.41) is 12.1. The summed E-state index contributed by atoms with van der Waals surface area (Å²) in [6, 6.07) is 8.15. The SMILES string of the molecule is Oc1[nH]c(=S)sc1/C=C1\C=c2ccccc2=NC1=[N+]1CCCCC1. The highest BCUT2D eigenvalue weighted by molar-refractivity contribution is 7.73. The molecule has 6 heteroatoms. The van der Waals surface area contributed by atoms with Gasteiger partial charge in [0.25, 0.3) is 0 Å². The zero-order valence-electron chi connectivity index (χ0n) is 13.2. The van der Waals surface area contributed by atoms with Crippen LogP contribution in [0.3, 0.4) is 0 Å². The molecule has 0 atom stereocenters. The molecule has 3 heterocycles. The molecular formula is C18H18N3OS2+. The molecule has 1 aromatic heterocycles. The van der Waals surface area contributed by atoms with Crippen molar-refractivity contribution in [1.29, 1.82) is 0 Å². The summed E-state index contributed by atoms with van der Waals surface area (Å²) in [7, 11) is 0. The number of rotatable bonds is 1. The van der Waals surface area contributed by atoms with Crippen LogP contribution in [0.1, 0.15) is 24.1 Å². The number of para-hydroxylation sites is 1. The Balaban J connectivity index is 1.93. The number of thiazole rings is 1. The van der Waals surface area contributed by atoms with Gasteiger partial charge in [-0.2, -0.15) is 0 Å². The van der Waals surface area contributed by atoms with Crippen molar-refractivity contribution in [2.24, 2.45) is 4.99 Å². The van der Waals surface area contributed by atoms with E-state index in [0.29, 0.717) is 3.95 Å². The molecule has 0 unspecified atom stereocenters. The summed E-state index contributed by atoms with van der Waals surface area (Å²) in [5.74, 6) is 1.12. The zero-order valence-corrected chi connectivity index (χ0v) is 14.8. The molecule has 122 valence electrons. The van der Waals surface area contributed by atoms with E-state index in [-0.39, 0.29) is 5.88 Å². The molecule has 1 fully saturated rings. The average Bonchev–Trinajstić information content (AvgIpc) is 2.92. The van der Waals surface area contributed by atoms with Crippen LogP contribution >= 0.6 is 23.6 Å². The fourth-order valence-electron chi connectivity index (χ4n) is 3.16. The molecule has 0 saturated carbocycles. The van der Waals surface area contributed by atoms with Crippen LogP contribution in [0, 0.1) is 3.95 Å². The summed E-state index contributed by atoms with van der Waals surface area (Å²) in [5.41, 5.74) is 1.02. The Kier molecular flexibility index (Phi) is 4.16. The molecule has 0 bridgehead atoms. The second-order valence-corrected chi connectivity index (χ2v) is 7.73. The number of aromatic hydroxyl groups is 1. The summed E-state index contributed by atoms with van der Waals surface area (Å²) in [4.78, 5) is 8.45. The lowest BCUT2D eigenvalue weighted by Gasteiger charge is -2.15. The fourth-order valence-corrected chi connectivity index (χ4v) is 4.21. The molecule has 2 aliphatic rings. The minimum absolute atomic E-state index is 0.128. The largest absolute Gasteiger partial charge is 0.494 e. The van der Waals surface area contributed by atoms with Gasteiger partial charge in [-0.1, -0.05) is 18.2 Å². The van der Waals surface area contributed by atoms with Crippen LogP contribution in [0.2, 0.25) is 0 Å². The highest BCUT2D eigenvalue weighted by Crippen LogP contribution is 2.25. The van der Waals surface area contributed by atoms with Crippen molar-refractivity contribution in [2.45, 2.75) is 19.3 Å². The summed E-state index contributed by atoms with van der Waals surface area (Å²) in [6.07, 6.45) is 7.80. The van der Waals surface area contributed by atoms with Crippen LogP contribution in [0.4, 0.5) is 0 Å². The van der Waals surface area contributed by atoms with Crippen molar-refractivity contribution < 1.29 is 9.68 Å². The zero-order chi connectivity index (χ0) is 16.5. The van der Waals surface area contributed by atoms with E-state index in [2.05, 4.69) is 21.7 Å². The van der Waals surface area contributed by atoms with E-state index in [1.165, 1.54) is 30.6 Å². The van der Waals surface area contributed by atoms with Crippen LogP contribution < -0.4 is 10.6 Å². The highest BCUT2D eigenvalue weighted by atomic mass is 32.1. The number of hydrogen-bond donors (Lipinski definition) is 2. The number of H-pyrrole nitrogens is 1. The number of aromatic amines is 1. The van der Waals surface area contributed by atoms with E-state index in [9.17, 15) is 5.11 Å². The molecule has 0 amide bonds. The Hall–Kier alpha value is -2.05. The third-order valence-electron chi connectivity index (χ3n) is 4.33. The molecular weight excluding hydrogens is 338 g/mol. The minimum atomic E-state index is 0.128. The lowest BCUT2D eigenvalue weighted by Crippen LogP contribution is -2.35. The van der Waals surface area contributed by atoms with Gasteiger partial charge in [0.1, 0.15) is 0 Å². The van der Waals surface area contributed by atoms with Gasteiger partial charge in [0, 0.05) is 5.22 Å². The summed E-state index contributed by atoms with van der Waals surface area (Å²) in [6.45, 7) is 2.06. The average molecular weight is 356 g/mol. The summed E-state index contributed by atoms with van der Waals surface area (Å²) >= 11 is 6.51. The monoisotopic (exact) mass is 356 g/mol. The first-order valence-corrected chi connectivity index (χ1v) is 9.35. The standard InChI is InChI=1S/C18H17N3OS2/c22-17-15(24-18(23)20-17)11-13-10-12-6-2-3-7-14(12)19-16(13)21-8-4-1-5-9-21/h2-3,6-7,10-11H,1,4-5,8-9H2,(H,20,22,23)/p+1. The maximum Gasteiger partial charge on any atom is 0.326 e. The molecule has 2 aromatic rings. The van der Waals surface area contributed by atoms with Gasteiger partial charge in [-0.3, -0.25) is 4.58 Å². The Morgan fingerprint density at radius 3 is 2.75 bits per heavy atom. The molecule has 1 saturated heterocycles. The number of piperidine rings is 1. The van der Waals surface area contributed by atoms with E-state index in [1.54, 1.807) is 0 Å². The van der Waals surface area contributed by atoms with Gasteiger partial charge >= 0.3 is 5.84 Å². The smallest absolute Gasteiger partial charge is 0.326 e. The number of nitrogens with zero attached hydrogens (tertiary/aromatic N) is 2. The Morgan fingerprint density at radius 1 is 1.21 bits per heavy atom. The quantitative estimate of drug-likeness (QED) is 0.610. The molecule has 4 nitrogen and oxygen atoms in total. The van der Waals surface area contributed by atoms with Crippen LogP contribution in [0.15, 0.2) is 34.8 Å². The normalized spacial score (nSPS) is 18.9. The predicted molar refractivity (Wildman–Crippen MR) is 99.7 cm³/mol. The second kappa shape index (κ2) is 6.45. The lowest BCUT2D eigenvalue weighted by atomic mass is 10.1. The van der Waals surface area contributed by atoms with Crippen molar-refractivity contribution in [3.8, 4) is 5.88 Å². The van der Waals surface area contributed by atoms with Gasteiger partial charge in [0.05, 0.1) is 23.5 Å². The molecule has 2 aliphatic heterocycles. The molecule has 4 rings (SSSR count). The predicted octanol–water partition coefficient (Wildman–Crippen LogP) is 2.60. The van der Waals surface area contributed by atoms with E-state index >= 15 is 0 Å². The maximum atomic E-state index is 10.0. The highest BCUT2D eigenvalue weighted by Gasteiger charge is 2.23. The Labute approximate surface area is 148 Å². The molecule has 0 aliphatic carbocycles. The number of nitrogens with one attached hydrogen (secondary N) is 1. The Morgan fingerprint density at radius 2 is 2.00 bits per heavy atom. The molecule has 24 heavy (non-hydrogen) atoms. The molecule has 0 spiro atoms. The van der Waals surface area contributed by atoms with Crippen molar-refractivity contribution in [2.75, 3.05) is 13.1 Å². The molecule has 0 radical (unpaired) electrons. The maximum absolute atomic E-state index is 10.0. The molecule has 1 aromatic carbocycles. The van der Waals surface area contributed by atoms with Gasteiger partial charge in [-0.15, -0.1) is 11.3 Å².